The first-order valence-corrected chi connectivity index (χ1v) is 4.73. The summed E-state index contributed by atoms with van der Waals surface area (Å²) in [5, 5.41) is 16.0. The summed E-state index contributed by atoms with van der Waals surface area (Å²) in [6.45, 7) is 0.452. The van der Waals surface area contributed by atoms with Crippen LogP contribution in [-0.2, 0) is 11.3 Å². The van der Waals surface area contributed by atoms with Crippen molar-refractivity contribution >= 4 is 12.2 Å². The molecule has 0 atom stereocenters. The Kier molecular flexibility index (Phi) is 6.04. The van der Waals surface area contributed by atoms with Crippen LogP contribution in [0.25, 0.3) is 0 Å². The second kappa shape index (κ2) is 7.05. The largest absolute Gasteiger partial charge is 1.00 e. The molecule has 0 radical (unpaired) electrons. The van der Waals surface area contributed by atoms with E-state index < -0.39 is 0 Å². The molecule has 2 N–H and O–H groups in total. The van der Waals surface area contributed by atoms with Crippen molar-refractivity contribution < 1.29 is 68.1 Å². The number of rotatable bonds is 4. The van der Waals surface area contributed by atoms with E-state index in [0.29, 0.717) is 12.4 Å². The van der Waals surface area contributed by atoms with Gasteiger partial charge in [0.15, 0.2) is 0 Å². The van der Waals surface area contributed by atoms with E-state index in [1.165, 1.54) is 0 Å². The van der Waals surface area contributed by atoms with Crippen LogP contribution in [0.5, 0.6) is 5.75 Å². The van der Waals surface area contributed by atoms with Gasteiger partial charge >= 0.3 is 58.2 Å². The monoisotopic (exact) mass is 301 g/mol. The molecule has 0 aliphatic carbocycles. The molecule has 0 spiro atoms. The van der Waals surface area contributed by atoms with Gasteiger partial charge in [0.25, 0.3) is 0 Å². The van der Waals surface area contributed by atoms with Crippen molar-refractivity contribution in [3.05, 3.63) is 42.1 Å². The molecule has 5 nitrogen and oxygen atoms in total. The maximum atomic E-state index is 10.1. The fourth-order valence-electron chi connectivity index (χ4n) is 1.39. The maximum Gasteiger partial charge on any atom is 1.00 e. The normalized spacial score (nSPS) is 9.41. The van der Waals surface area contributed by atoms with Crippen molar-refractivity contribution in [2.24, 2.45) is 0 Å². The Morgan fingerprint density at radius 1 is 1.35 bits per heavy atom. The number of benzene rings is 1. The van der Waals surface area contributed by atoms with E-state index >= 15 is 0 Å². The maximum absolute atomic E-state index is 10.1. The molecule has 0 unspecified atom stereocenters. The summed E-state index contributed by atoms with van der Waals surface area (Å²) in [5.41, 5.74) is 0.771. The third-order valence-corrected chi connectivity index (χ3v) is 2.14. The van der Waals surface area contributed by atoms with E-state index in [9.17, 15) is 9.90 Å². The summed E-state index contributed by atoms with van der Waals surface area (Å²) in [7, 11) is 0. The topological polar surface area (TPSA) is 67.2 Å². The van der Waals surface area contributed by atoms with Crippen LogP contribution in [0.2, 0.25) is 0 Å². The van der Waals surface area contributed by atoms with Crippen molar-refractivity contribution in [3.63, 3.8) is 0 Å². The van der Waals surface area contributed by atoms with Gasteiger partial charge < -0.3 is 15.2 Å². The van der Waals surface area contributed by atoms with Crippen LogP contribution in [0.3, 0.4) is 0 Å². The number of nitrogens with one attached hydrogen (secondary N) is 1. The number of nitrogens with zero attached hydrogens (tertiary/aromatic N) is 2. The van der Waals surface area contributed by atoms with E-state index in [-0.39, 0.29) is 63.9 Å². The molecule has 0 fully saturated rings. The fourth-order valence-corrected chi connectivity index (χ4v) is 1.39. The quantitative estimate of drug-likeness (QED) is 0.513. The number of amides is 1. The molecule has 1 aromatic carbocycles. The predicted octanol–water partition coefficient (Wildman–Crippen LogP) is -1.88. The third kappa shape index (κ3) is 4.03. The van der Waals surface area contributed by atoms with E-state index in [0.717, 1.165) is 5.56 Å². The molecule has 0 saturated heterocycles. The van der Waals surface area contributed by atoms with Gasteiger partial charge in [-0.2, -0.15) is 0 Å². The number of phenols is 1. The number of hydrogen-bond donors (Lipinski definition) is 2. The molecule has 0 aliphatic heterocycles. The van der Waals surface area contributed by atoms with Crippen molar-refractivity contribution in [3.8, 4) is 5.75 Å². The van der Waals surface area contributed by atoms with Crippen molar-refractivity contribution in [1.29, 1.82) is 0 Å². The zero-order valence-corrected chi connectivity index (χ0v) is 14.3. The Morgan fingerprint density at radius 3 is 2.82 bits per heavy atom. The van der Waals surface area contributed by atoms with Crippen LogP contribution in [0.1, 0.15) is 5.56 Å². The van der Waals surface area contributed by atoms with Gasteiger partial charge in [-0.25, -0.2) is 0 Å². The fraction of sp³-hybridized carbons (Fsp3) is 0.0909. The van der Waals surface area contributed by atoms with Gasteiger partial charge in [-0.3, -0.25) is 9.78 Å². The average molecular weight is 302 g/mol. The molecule has 17 heavy (non-hydrogen) atoms. The summed E-state index contributed by atoms with van der Waals surface area (Å²) in [6.07, 6.45) is 3.26. The van der Waals surface area contributed by atoms with E-state index in [4.69, 9.17) is 0 Å². The zero-order valence-electron chi connectivity index (χ0n) is 9.42. The van der Waals surface area contributed by atoms with Gasteiger partial charge in [-0.15, -0.1) is 0 Å². The number of aromatic nitrogens is 2. The van der Waals surface area contributed by atoms with Gasteiger partial charge in [0.05, 0.1) is 13.0 Å². The summed E-state index contributed by atoms with van der Waals surface area (Å²) in [4.78, 5) is 10.1. The van der Waals surface area contributed by atoms with Crippen LogP contribution in [0, 0.1) is 0 Å². The van der Waals surface area contributed by atoms with Crippen LogP contribution >= 0.6 is 0 Å². The Bertz CT molecular complexity index is 499. The molecule has 0 aliphatic rings. The third-order valence-electron chi connectivity index (χ3n) is 2.14. The Labute approximate surface area is 148 Å². The van der Waals surface area contributed by atoms with Crippen molar-refractivity contribution in [1.82, 2.24) is 9.78 Å². The molecule has 82 valence electrons. The molecule has 0 bridgehead atoms. The van der Waals surface area contributed by atoms with Crippen LogP contribution in [-0.4, -0.2) is 21.3 Å². The first-order chi connectivity index (χ1) is 7.79. The molecular weight excluding hydrogens is 292 g/mol. The van der Waals surface area contributed by atoms with Crippen LogP contribution < -0.4 is 63.5 Å². The minimum atomic E-state index is 0. The summed E-state index contributed by atoms with van der Waals surface area (Å²) >= 11 is 0. The first-order valence-electron chi connectivity index (χ1n) is 4.73. The molecular formula is C11H10N3O2Rb. The number of aromatic hydroxyl groups is 1. The van der Waals surface area contributed by atoms with E-state index in [2.05, 4.69) is 10.4 Å². The van der Waals surface area contributed by atoms with E-state index in [1.807, 2.05) is 12.1 Å². The minimum Gasteiger partial charge on any atom is -0.508 e. The summed E-state index contributed by atoms with van der Waals surface area (Å²) < 4.78 is 1.62. The second-order valence-electron chi connectivity index (χ2n) is 3.25. The number of phenolic OH excluding ortho intramolecular Hbond substituents is 1. The standard InChI is InChI=1S/C11H10N3O2.Rb/c15-8-12-11-5-6-14(13-11)7-9-3-1-2-4-10(9)16;/h1-6,16H,7H2,(H,12,13,15);/q-1;+1. The van der Waals surface area contributed by atoms with Crippen molar-refractivity contribution in [2.75, 3.05) is 5.32 Å². The Morgan fingerprint density at radius 2 is 2.12 bits per heavy atom. The van der Waals surface area contributed by atoms with Gasteiger partial charge in [-0.05, 0) is 6.07 Å². The number of carbonyl (C=O) groups excluding carboxylic acids is 1. The molecule has 1 aromatic heterocycles. The van der Waals surface area contributed by atoms with Crippen molar-refractivity contribution in [2.45, 2.75) is 6.54 Å². The molecule has 1 amide bonds. The summed E-state index contributed by atoms with van der Waals surface area (Å²) in [6, 6.07) is 8.70. The minimum absolute atomic E-state index is 0. The second-order valence-corrected chi connectivity index (χ2v) is 3.25. The first kappa shape index (κ1) is 14.6. The number of hydrogen-bond acceptors (Lipinski definition) is 3. The van der Waals surface area contributed by atoms with Gasteiger partial charge in [0.1, 0.15) is 5.75 Å². The zero-order chi connectivity index (χ0) is 11.4. The average Bonchev–Trinajstić information content (AvgIpc) is 2.70. The molecule has 0 saturated carbocycles. The number of anilines is 1. The molecule has 2 aromatic rings. The van der Waals surface area contributed by atoms with Gasteiger partial charge in [0, 0.05) is 17.6 Å². The van der Waals surface area contributed by atoms with Crippen LogP contribution in [0.4, 0.5) is 5.82 Å². The SMILES string of the molecule is O=[C-]Nc1ccn(Cc2ccccc2O)n1.[Rb+]. The Balaban J connectivity index is 0.00000144. The van der Waals surface area contributed by atoms with Gasteiger partial charge in [0.2, 0.25) is 0 Å². The van der Waals surface area contributed by atoms with Crippen LogP contribution in [0.15, 0.2) is 36.5 Å². The smallest absolute Gasteiger partial charge is 0.508 e. The summed E-state index contributed by atoms with van der Waals surface area (Å²) in [5.74, 6) is 0.667. The molecule has 6 heteroatoms. The predicted molar refractivity (Wildman–Crippen MR) is 58.8 cm³/mol. The molecule has 1 heterocycles. The van der Waals surface area contributed by atoms with Gasteiger partial charge in [-0.1, -0.05) is 24.3 Å². The molecule has 2 rings (SSSR count). The number of para-hydroxylation sites is 1. The Hall–Kier alpha value is -0.495. The van der Waals surface area contributed by atoms with E-state index in [1.54, 1.807) is 35.5 Å².